The maximum atomic E-state index is 13.3. The van der Waals surface area contributed by atoms with Crippen molar-refractivity contribution in [1.82, 2.24) is 0 Å². The zero-order valence-corrected chi connectivity index (χ0v) is 19.8. The van der Waals surface area contributed by atoms with Crippen molar-refractivity contribution in [1.29, 1.82) is 0 Å². The van der Waals surface area contributed by atoms with Gasteiger partial charge < -0.3 is 9.47 Å². The van der Waals surface area contributed by atoms with Crippen molar-refractivity contribution < 1.29 is 19.1 Å². The van der Waals surface area contributed by atoms with Gasteiger partial charge in [0.15, 0.2) is 0 Å². The molecule has 0 spiro atoms. The normalized spacial score (nSPS) is 21.8. The first-order valence-corrected chi connectivity index (χ1v) is 11.5. The molecule has 5 heteroatoms. The molecule has 0 saturated heterocycles. The second kappa shape index (κ2) is 9.34. The fraction of sp³-hybridized carbons (Fsp3) is 0.393. The van der Waals surface area contributed by atoms with Crippen molar-refractivity contribution in [2.24, 2.45) is 16.3 Å². The summed E-state index contributed by atoms with van der Waals surface area (Å²) < 4.78 is 11.2. The molecule has 0 N–H and O–H groups in total. The molecule has 0 bridgehead atoms. The van der Waals surface area contributed by atoms with Crippen LogP contribution in [0.4, 0.5) is 0 Å². The van der Waals surface area contributed by atoms with Gasteiger partial charge in [-0.05, 0) is 43.4 Å². The summed E-state index contributed by atoms with van der Waals surface area (Å²) in [5.74, 6) is -0.378. The molecule has 2 aliphatic rings. The highest BCUT2D eigenvalue weighted by Gasteiger charge is 2.47. The standard InChI is InChI=1S/C28H31NO4/c1-18-10-12-20(13-11-18)25-24(27(31)33-15-14-32-21-8-6-5-7-9-21)19(2)29-22-16-28(3,4)17-23(30)26(22)25/h5-13,25-26H,14-17H2,1-4H3/t25-,26?/m1/s1. The minimum atomic E-state index is -0.435. The molecule has 1 saturated carbocycles. The Labute approximate surface area is 195 Å². The maximum absolute atomic E-state index is 13.3. The summed E-state index contributed by atoms with van der Waals surface area (Å²) in [6.07, 6.45) is 1.22. The summed E-state index contributed by atoms with van der Waals surface area (Å²) in [7, 11) is 0. The number of ketones is 1. The minimum Gasteiger partial charge on any atom is -0.490 e. The molecule has 0 amide bonds. The Morgan fingerprint density at radius 3 is 2.36 bits per heavy atom. The summed E-state index contributed by atoms with van der Waals surface area (Å²) in [5, 5.41) is 0. The van der Waals surface area contributed by atoms with E-state index in [1.165, 1.54) is 0 Å². The molecule has 0 radical (unpaired) electrons. The molecule has 2 aromatic rings. The number of para-hydroxylation sites is 1. The lowest BCUT2D eigenvalue weighted by molar-refractivity contribution is -0.140. The highest BCUT2D eigenvalue weighted by Crippen LogP contribution is 2.47. The predicted octanol–water partition coefficient (Wildman–Crippen LogP) is 5.43. The van der Waals surface area contributed by atoms with Crippen molar-refractivity contribution in [3.8, 4) is 5.75 Å². The third kappa shape index (κ3) is 5.08. The van der Waals surface area contributed by atoms with E-state index in [0.29, 0.717) is 17.7 Å². The molecule has 5 nitrogen and oxygen atoms in total. The molecule has 1 aliphatic carbocycles. The first-order chi connectivity index (χ1) is 15.7. The number of benzene rings is 2. The van der Waals surface area contributed by atoms with Gasteiger partial charge in [-0.1, -0.05) is 61.9 Å². The first kappa shape index (κ1) is 23.0. The molecule has 1 unspecified atom stereocenters. The third-order valence-electron chi connectivity index (χ3n) is 6.35. The van der Waals surface area contributed by atoms with Crippen molar-refractivity contribution in [2.75, 3.05) is 13.2 Å². The van der Waals surface area contributed by atoms with Crippen LogP contribution >= 0.6 is 0 Å². The van der Waals surface area contributed by atoms with Crippen LogP contribution in [0.1, 0.15) is 50.7 Å². The average Bonchev–Trinajstić information content (AvgIpc) is 2.76. The number of rotatable bonds is 6. The molecular formula is C28H31NO4. The molecule has 2 atom stereocenters. The number of carbonyl (C=O) groups excluding carboxylic acids is 2. The molecule has 2 aromatic carbocycles. The van der Waals surface area contributed by atoms with Crippen molar-refractivity contribution in [3.63, 3.8) is 0 Å². The average molecular weight is 446 g/mol. The van der Waals surface area contributed by atoms with Gasteiger partial charge in [0.25, 0.3) is 0 Å². The van der Waals surface area contributed by atoms with Gasteiger partial charge in [-0.15, -0.1) is 0 Å². The van der Waals surface area contributed by atoms with Gasteiger partial charge in [0.1, 0.15) is 24.7 Å². The van der Waals surface area contributed by atoms with Gasteiger partial charge in [-0.25, -0.2) is 4.79 Å². The summed E-state index contributed by atoms with van der Waals surface area (Å²) in [6, 6.07) is 17.5. The molecule has 172 valence electrons. The Hall–Kier alpha value is -3.21. The van der Waals surface area contributed by atoms with E-state index in [0.717, 1.165) is 29.0 Å². The van der Waals surface area contributed by atoms with Crippen LogP contribution in [0.15, 0.2) is 70.9 Å². The van der Waals surface area contributed by atoms with E-state index in [4.69, 9.17) is 14.5 Å². The second-order valence-electron chi connectivity index (χ2n) is 9.75. The Morgan fingerprint density at radius 1 is 0.970 bits per heavy atom. The molecule has 0 aromatic heterocycles. The Balaban J connectivity index is 1.60. The molecule has 33 heavy (non-hydrogen) atoms. The zero-order valence-electron chi connectivity index (χ0n) is 19.8. The van der Waals surface area contributed by atoms with E-state index >= 15 is 0 Å². The number of allylic oxidation sites excluding steroid dienone is 1. The van der Waals surface area contributed by atoms with Crippen LogP contribution in [0.2, 0.25) is 0 Å². The highest BCUT2D eigenvalue weighted by molar-refractivity contribution is 6.12. The maximum Gasteiger partial charge on any atom is 0.336 e. The highest BCUT2D eigenvalue weighted by atomic mass is 16.6. The topological polar surface area (TPSA) is 65.0 Å². The van der Waals surface area contributed by atoms with Crippen LogP contribution in [0, 0.1) is 18.3 Å². The molecule has 1 aliphatic heterocycles. The molecular weight excluding hydrogens is 414 g/mol. The van der Waals surface area contributed by atoms with E-state index in [9.17, 15) is 9.59 Å². The van der Waals surface area contributed by atoms with E-state index in [1.807, 2.05) is 68.4 Å². The minimum absolute atomic E-state index is 0.118. The Morgan fingerprint density at radius 2 is 1.67 bits per heavy atom. The van der Waals surface area contributed by atoms with Crippen LogP contribution < -0.4 is 4.74 Å². The van der Waals surface area contributed by atoms with Crippen LogP contribution in [-0.4, -0.2) is 30.7 Å². The summed E-state index contributed by atoms with van der Waals surface area (Å²) in [4.78, 5) is 31.3. The lowest BCUT2D eigenvalue weighted by Crippen LogP contribution is -2.44. The molecule has 4 rings (SSSR count). The van der Waals surface area contributed by atoms with Crippen molar-refractivity contribution in [2.45, 2.75) is 46.5 Å². The predicted molar refractivity (Wildman–Crippen MR) is 128 cm³/mol. The number of hydrogen-bond acceptors (Lipinski definition) is 5. The number of Topliss-reactive ketones (excluding diaryl/α,β-unsaturated/α-hetero) is 1. The number of carbonyl (C=O) groups is 2. The van der Waals surface area contributed by atoms with Gasteiger partial charge in [0.2, 0.25) is 0 Å². The first-order valence-electron chi connectivity index (χ1n) is 11.5. The van der Waals surface area contributed by atoms with Gasteiger partial charge in [0, 0.05) is 23.7 Å². The SMILES string of the molecule is CC1=C(C(=O)OCCOc2ccccc2)[C@@H](c2ccc(C)cc2)C2C(=O)CC(C)(C)CC2=N1. The van der Waals surface area contributed by atoms with Gasteiger partial charge in [-0.3, -0.25) is 9.79 Å². The summed E-state index contributed by atoms with van der Waals surface area (Å²) in [6.45, 7) is 8.43. The smallest absolute Gasteiger partial charge is 0.336 e. The van der Waals surface area contributed by atoms with E-state index in [-0.39, 0.29) is 30.3 Å². The number of aryl methyl sites for hydroxylation is 1. The fourth-order valence-electron chi connectivity index (χ4n) is 4.88. The number of nitrogens with zero attached hydrogens (tertiary/aromatic N) is 1. The molecule has 1 heterocycles. The number of fused-ring (bicyclic) bond motifs is 1. The van der Waals surface area contributed by atoms with E-state index in [1.54, 1.807) is 0 Å². The molecule has 1 fully saturated rings. The summed E-state index contributed by atoms with van der Waals surface area (Å²) >= 11 is 0. The monoisotopic (exact) mass is 445 g/mol. The third-order valence-corrected chi connectivity index (χ3v) is 6.35. The van der Waals surface area contributed by atoms with E-state index in [2.05, 4.69) is 13.8 Å². The van der Waals surface area contributed by atoms with Crippen LogP contribution in [0.3, 0.4) is 0 Å². The number of ether oxygens (including phenoxy) is 2. The number of aliphatic imine (C=N–C) groups is 1. The number of hydrogen-bond donors (Lipinski definition) is 0. The summed E-state index contributed by atoms with van der Waals surface area (Å²) in [5.41, 5.74) is 3.92. The quantitative estimate of drug-likeness (QED) is 0.439. The lowest BCUT2D eigenvalue weighted by atomic mass is 9.63. The largest absolute Gasteiger partial charge is 0.490 e. The Bertz CT molecular complexity index is 1100. The van der Waals surface area contributed by atoms with Crippen molar-refractivity contribution >= 4 is 17.5 Å². The van der Waals surface area contributed by atoms with Gasteiger partial charge in [0.05, 0.1) is 11.5 Å². The zero-order chi connectivity index (χ0) is 23.6. The van der Waals surface area contributed by atoms with E-state index < -0.39 is 11.9 Å². The van der Waals surface area contributed by atoms with Gasteiger partial charge in [-0.2, -0.15) is 0 Å². The number of esters is 1. The second-order valence-corrected chi connectivity index (χ2v) is 9.75. The lowest BCUT2D eigenvalue weighted by Gasteiger charge is -2.41. The van der Waals surface area contributed by atoms with Crippen LogP contribution in [0.25, 0.3) is 0 Å². The van der Waals surface area contributed by atoms with Crippen molar-refractivity contribution in [3.05, 3.63) is 77.0 Å². The van der Waals surface area contributed by atoms with Crippen LogP contribution in [0.5, 0.6) is 5.75 Å². The fourth-order valence-corrected chi connectivity index (χ4v) is 4.88. The van der Waals surface area contributed by atoms with Gasteiger partial charge >= 0.3 is 5.97 Å². The van der Waals surface area contributed by atoms with Crippen LogP contribution in [-0.2, 0) is 14.3 Å². The Kier molecular flexibility index (Phi) is 6.50.